The number of nitrogens with zero attached hydrogens (tertiary/aromatic N) is 1. The first kappa shape index (κ1) is 18.9. The number of carbonyl (C=O) groups excluding carboxylic acids is 2. The lowest BCUT2D eigenvalue weighted by Gasteiger charge is -2.17. The molecule has 0 saturated carbocycles. The van der Waals surface area contributed by atoms with Crippen LogP contribution in [0.25, 0.3) is 0 Å². The molecule has 138 valence electrons. The lowest BCUT2D eigenvalue weighted by Crippen LogP contribution is -2.45. The molecule has 0 fully saturated rings. The number of nitrogens with one attached hydrogen (secondary N) is 2. The number of aromatic nitrogens is 2. The maximum atomic E-state index is 13.2. The number of ether oxygens (including phenoxy) is 1. The fourth-order valence-corrected chi connectivity index (χ4v) is 2.20. The van der Waals surface area contributed by atoms with Crippen molar-refractivity contribution in [1.82, 2.24) is 14.9 Å². The van der Waals surface area contributed by atoms with E-state index in [4.69, 9.17) is 0 Å². The molecule has 1 amide bonds. The van der Waals surface area contributed by atoms with Crippen LogP contribution in [0.5, 0.6) is 5.75 Å². The van der Waals surface area contributed by atoms with Crippen LogP contribution in [0, 0.1) is 5.82 Å². The summed E-state index contributed by atoms with van der Waals surface area (Å²) in [5.41, 5.74) is -1.50. The van der Waals surface area contributed by atoms with Gasteiger partial charge in [0.05, 0.1) is 13.3 Å². The fraction of sp³-hybridized carbons (Fsp3) is 0.250. The summed E-state index contributed by atoms with van der Waals surface area (Å²) in [6.07, 6.45) is 0.682. The topological polar surface area (TPSA) is 130 Å². The van der Waals surface area contributed by atoms with Gasteiger partial charge in [-0.3, -0.25) is 19.1 Å². The summed E-state index contributed by atoms with van der Waals surface area (Å²) in [5, 5.41) is 11.7. The minimum Gasteiger partial charge on any atom is -0.508 e. The summed E-state index contributed by atoms with van der Waals surface area (Å²) in [5.74, 6) is -2.64. The molecular formula is C16H16FN3O6. The Balaban J connectivity index is 2.12. The third kappa shape index (κ3) is 4.79. The van der Waals surface area contributed by atoms with Crippen LogP contribution in [0.4, 0.5) is 4.39 Å². The molecule has 9 nitrogen and oxygen atoms in total. The molecule has 0 saturated heterocycles. The molecule has 3 N–H and O–H groups in total. The minimum atomic E-state index is -1.22. The number of hydrogen-bond acceptors (Lipinski definition) is 6. The van der Waals surface area contributed by atoms with Gasteiger partial charge in [-0.05, 0) is 17.7 Å². The number of methoxy groups -OCH3 is 1. The van der Waals surface area contributed by atoms with Crippen molar-refractivity contribution < 1.29 is 23.8 Å². The first-order chi connectivity index (χ1) is 12.3. The molecule has 1 heterocycles. The van der Waals surface area contributed by atoms with Gasteiger partial charge in [0.15, 0.2) is 0 Å². The van der Waals surface area contributed by atoms with Crippen LogP contribution < -0.4 is 16.6 Å². The zero-order valence-corrected chi connectivity index (χ0v) is 13.7. The van der Waals surface area contributed by atoms with Gasteiger partial charge in [-0.25, -0.2) is 9.59 Å². The van der Waals surface area contributed by atoms with Crippen molar-refractivity contribution in [3.05, 3.63) is 62.7 Å². The Kier molecular flexibility index (Phi) is 5.89. The first-order valence-electron chi connectivity index (χ1n) is 7.44. The molecule has 2 rings (SSSR count). The van der Waals surface area contributed by atoms with E-state index < -0.39 is 41.5 Å². The summed E-state index contributed by atoms with van der Waals surface area (Å²) in [4.78, 5) is 48.3. The van der Waals surface area contributed by atoms with Gasteiger partial charge in [0.25, 0.3) is 5.56 Å². The highest BCUT2D eigenvalue weighted by molar-refractivity contribution is 5.84. The third-order valence-corrected chi connectivity index (χ3v) is 3.48. The molecule has 10 heteroatoms. The minimum absolute atomic E-state index is 0.0480. The maximum absolute atomic E-state index is 13.2. The highest BCUT2D eigenvalue weighted by Gasteiger charge is 2.22. The van der Waals surface area contributed by atoms with Crippen molar-refractivity contribution in [3.63, 3.8) is 0 Å². The predicted molar refractivity (Wildman–Crippen MR) is 87.0 cm³/mol. The van der Waals surface area contributed by atoms with Gasteiger partial charge in [-0.15, -0.1) is 0 Å². The van der Waals surface area contributed by atoms with Crippen LogP contribution in [-0.2, 0) is 27.3 Å². The van der Waals surface area contributed by atoms with Crippen molar-refractivity contribution in [2.75, 3.05) is 7.11 Å². The Hall–Kier alpha value is -3.43. The second kappa shape index (κ2) is 8.10. The van der Waals surface area contributed by atoms with Gasteiger partial charge >= 0.3 is 11.7 Å². The average Bonchev–Trinajstić information content (AvgIpc) is 2.60. The van der Waals surface area contributed by atoms with E-state index >= 15 is 0 Å². The number of benzene rings is 1. The second-order valence-corrected chi connectivity index (χ2v) is 5.38. The van der Waals surface area contributed by atoms with Crippen LogP contribution in [0.3, 0.4) is 0 Å². The Morgan fingerprint density at radius 1 is 1.31 bits per heavy atom. The number of aromatic hydroxyl groups is 1. The van der Waals surface area contributed by atoms with E-state index in [1.54, 1.807) is 17.1 Å². The molecule has 0 aliphatic heterocycles. The third-order valence-electron chi connectivity index (χ3n) is 3.48. The predicted octanol–water partition coefficient (Wildman–Crippen LogP) is -0.718. The monoisotopic (exact) mass is 365 g/mol. The number of rotatable bonds is 6. The summed E-state index contributed by atoms with van der Waals surface area (Å²) < 4.78 is 18.6. The van der Waals surface area contributed by atoms with Gasteiger partial charge in [0, 0.05) is 6.42 Å². The number of amides is 1. The number of halogens is 1. The zero-order valence-electron chi connectivity index (χ0n) is 13.7. The Morgan fingerprint density at radius 3 is 2.58 bits per heavy atom. The molecule has 0 unspecified atom stereocenters. The van der Waals surface area contributed by atoms with Crippen LogP contribution >= 0.6 is 0 Å². The first-order valence-corrected chi connectivity index (χ1v) is 7.44. The van der Waals surface area contributed by atoms with E-state index in [1.165, 1.54) is 12.1 Å². The van der Waals surface area contributed by atoms with E-state index in [0.29, 0.717) is 16.3 Å². The van der Waals surface area contributed by atoms with Crippen molar-refractivity contribution >= 4 is 11.9 Å². The van der Waals surface area contributed by atoms with Gasteiger partial charge in [0.1, 0.15) is 18.3 Å². The number of hydrogen-bond donors (Lipinski definition) is 3. The smallest absolute Gasteiger partial charge is 0.328 e. The number of phenols is 1. The van der Waals surface area contributed by atoms with Gasteiger partial charge in [0.2, 0.25) is 11.7 Å². The largest absolute Gasteiger partial charge is 0.508 e. The number of phenolic OH excluding ortho intramolecular Hbond substituents is 1. The zero-order chi connectivity index (χ0) is 19.3. The van der Waals surface area contributed by atoms with Crippen LogP contribution in [0.2, 0.25) is 0 Å². The lowest BCUT2D eigenvalue weighted by molar-refractivity contribution is -0.145. The molecule has 0 aliphatic carbocycles. The van der Waals surface area contributed by atoms with E-state index in [1.807, 2.05) is 0 Å². The molecule has 1 atom stereocenters. The molecule has 0 aliphatic rings. The van der Waals surface area contributed by atoms with E-state index in [0.717, 1.165) is 7.11 Å². The van der Waals surface area contributed by atoms with E-state index in [-0.39, 0.29) is 12.2 Å². The summed E-state index contributed by atoms with van der Waals surface area (Å²) in [6, 6.07) is 4.93. The van der Waals surface area contributed by atoms with E-state index in [9.17, 15) is 28.7 Å². The summed E-state index contributed by atoms with van der Waals surface area (Å²) in [6.45, 7) is -0.602. The highest BCUT2D eigenvalue weighted by Crippen LogP contribution is 2.11. The van der Waals surface area contributed by atoms with Crippen molar-refractivity contribution in [3.8, 4) is 5.75 Å². The quantitative estimate of drug-likeness (QED) is 0.579. The summed E-state index contributed by atoms with van der Waals surface area (Å²) in [7, 11) is 1.15. The molecular weight excluding hydrogens is 349 g/mol. The molecule has 1 aromatic carbocycles. The number of esters is 1. The molecule has 0 radical (unpaired) electrons. The Labute approximate surface area is 146 Å². The van der Waals surface area contributed by atoms with E-state index in [2.05, 4.69) is 10.1 Å². The maximum Gasteiger partial charge on any atom is 0.328 e. The highest BCUT2D eigenvalue weighted by atomic mass is 19.1. The van der Waals surface area contributed by atoms with Gasteiger partial charge in [-0.1, -0.05) is 12.1 Å². The summed E-state index contributed by atoms with van der Waals surface area (Å²) >= 11 is 0. The molecule has 26 heavy (non-hydrogen) atoms. The van der Waals surface area contributed by atoms with Gasteiger partial charge in [-0.2, -0.15) is 4.39 Å². The second-order valence-electron chi connectivity index (χ2n) is 5.38. The standard InChI is InChI=1S/C16H16FN3O6/c1-26-15(24)12(6-9-2-4-10(21)5-3-9)18-13(22)8-20-7-11(17)14(23)19-16(20)25/h2-5,7,12,21H,6,8H2,1H3,(H,18,22)(H,19,23,25)/t12-/m0/s1. The number of aromatic amines is 1. The molecule has 1 aromatic heterocycles. The van der Waals surface area contributed by atoms with Gasteiger partial charge < -0.3 is 15.2 Å². The fourth-order valence-electron chi connectivity index (χ4n) is 2.20. The SMILES string of the molecule is COC(=O)[C@H](Cc1ccc(O)cc1)NC(=O)Cn1cc(F)c(=O)[nH]c1=O. The Morgan fingerprint density at radius 2 is 1.96 bits per heavy atom. The normalized spacial score (nSPS) is 11.6. The molecule has 0 spiro atoms. The van der Waals surface area contributed by atoms with Crippen molar-refractivity contribution in [2.45, 2.75) is 19.0 Å². The Bertz CT molecular complexity index is 919. The average molecular weight is 365 g/mol. The number of carbonyl (C=O) groups is 2. The van der Waals surface area contributed by atoms with Crippen molar-refractivity contribution in [2.24, 2.45) is 0 Å². The van der Waals surface area contributed by atoms with Crippen LogP contribution in [0.15, 0.2) is 40.1 Å². The van der Waals surface area contributed by atoms with Crippen molar-refractivity contribution in [1.29, 1.82) is 0 Å². The molecule has 2 aromatic rings. The lowest BCUT2D eigenvalue weighted by atomic mass is 10.1. The number of H-pyrrole nitrogens is 1. The van der Waals surface area contributed by atoms with Crippen LogP contribution in [-0.4, -0.2) is 39.7 Å². The molecule has 0 bridgehead atoms. The van der Waals surface area contributed by atoms with Crippen LogP contribution in [0.1, 0.15) is 5.56 Å².